The van der Waals surface area contributed by atoms with Crippen molar-refractivity contribution in [2.45, 2.75) is 32.1 Å². The molecule has 1 fully saturated rings. The molecule has 0 N–H and O–H groups in total. The van der Waals surface area contributed by atoms with Crippen molar-refractivity contribution in [1.82, 2.24) is 4.90 Å². The lowest BCUT2D eigenvalue weighted by molar-refractivity contribution is -0.147. The molecule has 0 amide bonds. The fraction of sp³-hybridized carbons (Fsp3) is 0.611. The van der Waals surface area contributed by atoms with E-state index in [2.05, 4.69) is 23.1 Å². The van der Waals surface area contributed by atoms with E-state index in [9.17, 15) is 4.79 Å². The zero-order valence-corrected chi connectivity index (χ0v) is 13.3. The van der Waals surface area contributed by atoms with Gasteiger partial charge in [-0.05, 0) is 62.5 Å². The van der Waals surface area contributed by atoms with Crippen molar-refractivity contribution in [1.29, 1.82) is 0 Å². The van der Waals surface area contributed by atoms with Gasteiger partial charge in [0.25, 0.3) is 0 Å². The maximum atomic E-state index is 11.5. The van der Waals surface area contributed by atoms with Crippen molar-refractivity contribution in [3.05, 3.63) is 29.3 Å². The second-order valence-corrected chi connectivity index (χ2v) is 6.28. The molecule has 0 bridgehead atoms. The third-order valence-electron chi connectivity index (χ3n) is 4.82. The van der Waals surface area contributed by atoms with Gasteiger partial charge in [-0.2, -0.15) is 0 Å². The minimum Gasteiger partial charge on any atom is -0.493 e. The number of nitrogens with zero attached hydrogens (tertiary/aromatic N) is 1. The van der Waals surface area contributed by atoms with Gasteiger partial charge in [-0.1, -0.05) is 12.1 Å². The standard InChI is InChI=1S/C18H25NO3/c1-21-18(20)15-6-10-19(11-7-15)9-2-3-14-4-5-17-16(13-14)8-12-22-17/h4-5,13,15H,2-3,6-12H2,1H3. The first-order chi connectivity index (χ1) is 10.8. The minimum atomic E-state index is -0.0417. The second-order valence-electron chi connectivity index (χ2n) is 6.28. The van der Waals surface area contributed by atoms with E-state index >= 15 is 0 Å². The molecule has 1 aromatic carbocycles. The van der Waals surface area contributed by atoms with E-state index in [0.29, 0.717) is 0 Å². The highest BCUT2D eigenvalue weighted by Crippen LogP contribution is 2.26. The summed E-state index contributed by atoms with van der Waals surface area (Å²) in [7, 11) is 1.48. The SMILES string of the molecule is COC(=O)C1CCN(CCCc2ccc3c(c2)CCO3)CC1. The van der Waals surface area contributed by atoms with Crippen LogP contribution in [0.25, 0.3) is 0 Å². The summed E-state index contributed by atoms with van der Waals surface area (Å²) in [6, 6.07) is 6.60. The number of hydrogen-bond donors (Lipinski definition) is 0. The van der Waals surface area contributed by atoms with Crippen molar-refractivity contribution >= 4 is 5.97 Å². The highest BCUT2D eigenvalue weighted by atomic mass is 16.5. The number of carbonyl (C=O) groups is 1. The first-order valence-corrected chi connectivity index (χ1v) is 8.31. The average Bonchev–Trinajstić information content (AvgIpc) is 3.02. The Hall–Kier alpha value is -1.55. The van der Waals surface area contributed by atoms with Crippen molar-refractivity contribution in [3.8, 4) is 5.75 Å². The van der Waals surface area contributed by atoms with Crippen LogP contribution in [0.1, 0.15) is 30.4 Å². The lowest BCUT2D eigenvalue weighted by Crippen LogP contribution is -2.37. The molecule has 0 unspecified atom stereocenters. The van der Waals surface area contributed by atoms with Gasteiger partial charge < -0.3 is 14.4 Å². The molecule has 2 aliphatic rings. The molecular weight excluding hydrogens is 278 g/mol. The highest BCUT2D eigenvalue weighted by molar-refractivity contribution is 5.72. The molecule has 1 aromatic rings. The number of hydrogen-bond acceptors (Lipinski definition) is 4. The number of fused-ring (bicyclic) bond motifs is 1. The molecule has 0 aliphatic carbocycles. The molecule has 0 atom stereocenters. The van der Waals surface area contributed by atoms with Crippen LogP contribution in [0.5, 0.6) is 5.75 Å². The second kappa shape index (κ2) is 7.14. The summed E-state index contributed by atoms with van der Waals surface area (Å²) in [5, 5.41) is 0. The largest absolute Gasteiger partial charge is 0.493 e. The molecule has 2 aliphatic heterocycles. The topological polar surface area (TPSA) is 38.8 Å². The van der Waals surface area contributed by atoms with Crippen LogP contribution in [-0.2, 0) is 22.4 Å². The summed E-state index contributed by atoms with van der Waals surface area (Å²) in [5.74, 6) is 1.13. The molecule has 4 heteroatoms. The predicted molar refractivity (Wildman–Crippen MR) is 85.1 cm³/mol. The van der Waals surface area contributed by atoms with E-state index in [1.54, 1.807) is 0 Å². The van der Waals surface area contributed by atoms with Crippen LogP contribution in [-0.4, -0.2) is 44.2 Å². The number of piperidine rings is 1. The zero-order valence-electron chi connectivity index (χ0n) is 13.3. The van der Waals surface area contributed by atoms with Gasteiger partial charge >= 0.3 is 5.97 Å². The fourth-order valence-electron chi connectivity index (χ4n) is 3.46. The number of benzene rings is 1. The van der Waals surface area contributed by atoms with Gasteiger partial charge in [0.1, 0.15) is 5.75 Å². The third kappa shape index (κ3) is 3.61. The maximum absolute atomic E-state index is 11.5. The summed E-state index contributed by atoms with van der Waals surface area (Å²) in [5.41, 5.74) is 2.77. The predicted octanol–water partition coefficient (Wildman–Crippen LogP) is 2.44. The molecule has 1 saturated heterocycles. The van der Waals surface area contributed by atoms with Crippen LogP contribution in [0, 0.1) is 5.92 Å². The van der Waals surface area contributed by atoms with Gasteiger partial charge in [-0.25, -0.2) is 0 Å². The number of methoxy groups -OCH3 is 1. The van der Waals surface area contributed by atoms with Crippen LogP contribution in [0.2, 0.25) is 0 Å². The Morgan fingerprint density at radius 2 is 2.18 bits per heavy atom. The zero-order chi connectivity index (χ0) is 15.4. The van der Waals surface area contributed by atoms with Gasteiger partial charge in [0, 0.05) is 6.42 Å². The van der Waals surface area contributed by atoms with Gasteiger partial charge in [0.05, 0.1) is 19.6 Å². The van der Waals surface area contributed by atoms with E-state index in [1.807, 2.05) is 0 Å². The molecule has 120 valence electrons. The summed E-state index contributed by atoms with van der Waals surface area (Å²) in [4.78, 5) is 14.0. The normalized spacial score (nSPS) is 18.8. The Kier molecular flexibility index (Phi) is 4.98. The Morgan fingerprint density at radius 1 is 1.36 bits per heavy atom. The van der Waals surface area contributed by atoms with E-state index in [1.165, 1.54) is 24.7 Å². The monoisotopic (exact) mass is 303 g/mol. The van der Waals surface area contributed by atoms with Crippen molar-refractivity contribution in [2.24, 2.45) is 5.92 Å². The maximum Gasteiger partial charge on any atom is 0.308 e. The van der Waals surface area contributed by atoms with Crippen molar-refractivity contribution in [2.75, 3.05) is 33.4 Å². The molecule has 0 aromatic heterocycles. The Labute approximate surface area is 132 Å². The molecule has 22 heavy (non-hydrogen) atoms. The molecular formula is C18H25NO3. The lowest BCUT2D eigenvalue weighted by atomic mass is 9.96. The number of rotatable bonds is 5. The van der Waals surface area contributed by atoms with Crippen LogP contribution >= 0.6 is 0 Å². The van der Waals surface area contributed by atoms with Crippen LogP contribution in [0.15, 0.2) is 18.2 Å². The fourth-order valence-corrected chi connectivity index (χ4v) is 3.46. The Morgan fingerprint density at radius 3 is 2.95 bits per heavy atom. The number of carbonyl (C=O) groups excluding carboxylic acids is 1. The third-order valence-corrected chi connectivity index (χ3v) is 4.82. The van der Waals surface area contributed by atoms with E-state index in [-0.39, 0.29) is 11.9 Å². The van der Waals surface area contributed by atoms with E-state index in [0.717, 1.165) is 57.7 Å². The number of ether oxygens (including phenoxy) is 2. The minimum absolute atomic E-state index is 0.0417. The van der Waals surface area contributed by atoms with Crippen molar-refractivity contribution < 1.29 is 14.3 Å². The first kappa shape index (κ1) is 15.3. The van der Waals surface area contributed by atoms with Crippen LogP contribution in [0.3, 0.4) is 0 Å². The first-order valence-electron chi connectivity index (χ1n) is 8.31. The van der Waals surface area contributed by atoms with Gasteiger partial charge in [0.15, 0.2) is 0 Å². The molecule has 2 heterocycles. The van der Waals surface area contributed by atoms with Gasteiger partial charge in [-0.3, -0.25) is 4.79 Å². The number of likely N-dealkylation sites (tertiary alicyclic amines) is 1. The number of aryl methyl sites for hydroxylation is 1. The molecule has 0 radical (unpaired) electrons. The highest BCUT2D eigenvalue weighted by Gasteiger charge is 2.25. The van der Waals surface area contributed by atoms with Gasteiger partial charge in [0.2, 0.25) is 0 Å². The molecule has 4 nitrogen and oxygen atoms in total. The molecule has 3 rings (SSSR count). The average molecular weight is 303 g/mol. The van der Waals surface area contributed by atoms with E-state index in [4.69, 9.17) is 9.47 Å². The smallest absolute Gasteiger partial charge is 0.308 e. The summed E-state index contributed by atoms with van der Waals surface area (Å²) < 4.78 is 10.4. The van der Waals surface area contributed by atoms with Crippen LogP contribution in [0.4, 0.5) is 0 Å². The summed E-state index contributed by atoms with van der Waals surface area (Å²) in [6.07, 6.45) is 5.20. The van der Waals surface area contributed by atoms with Gasteiger partial charge in [-0.15, -0.1) is 0 Å². The Balaban J connectivity index is 1.40. The Bertz CT molecular complexity index is 521. The molecule has 0 saturated carbocycles. The van der Waals surface area contributed by atoms with Crippen molar-refractivity contribution in [3.63, 3.8) is 0 Å². The quantitative estimate of drug-likeness (QED) is 0.783. The molecule has 0 spiro atoms. The number of esters is 1. The lowest BCUT2D eigenvalue weighted by Gasteiger charge is -2.30. The summed E-state index contributed by atoms with van der Waals surface area (Å²) >= 11 is 0. The van der Waals surface area contributed by atoms with Crippen LogP contribution < -0.4 is 4.74 Å². The van der Waals surface area contributed by atoms with E-state index < -0.39 is 0 Å². The summed E-state index contributed by atoms with van der Waals surface area (Å²) in [6.45, 7) is 3.96.